The van der Waals surface area contributed by atoms with Crippen LogP contribution in [-0.2, 0) is 0 Å². The number of benzene rings is 1. The lowest BCUT2D eigenvalue weighted by Crippen LogP contribution is -2.35. The van der Waals surface area contributed by atoms with Gasteiger partial charge in [-0.3, -0.25) is 4.79 Å². The molecular weight excluding hydrogens is 360 g/mol. The predicted molar refractivity (Wildman–Crippen MR) is 112 cm³/mol. The molecule has 0 amide bonds. The summed E-state index contributed by atoms with van der Waals surface area (Å²) in [6.07, 6.45) is 11.2. The monoisotopic (exact) mass is 392 g/mol. The molecule has 2 fully saturated rings. The average molecular weight is 393 g/mol. The van der Waals surface area contributed by atoms with Crippen molar-refractivity contribution in [1.82, 2.24) is 4.90 Å². The van der Waals surface area contributed by atoms with Gasteiger partial charge in [0.2, 0.25) is 0 Å². The Morgan fingerprint density at radius 3 is 2.52 bits per heavy atom. The number of anilines is 1. The molecule has 1 heterocycles. The van der Waals surface area contributed by atoms with Crippen LogP contribution in [0.4, 0.5) is 5.69 Å². The van der Waals surface area contributed by atoms with E-state index in [4.69, 9.17) is 22.1 Å². The summed E-state index contributed by atoms with van der Waals surface area (Å²) in [7, 11) is 1.56. The van der Waals surface area contributed by atoms with Gasteiger partial charge in [0.1, 0.15) is 5.75 Å². The summed E-state index contributed by atoms with van der Waals surface area (Å²) in [5.74, 6) is 2.02. The van der Waals surface area contributed by atoms with E-state index in [0.29, 0.717) is 34.4 Å². The Hall–Kier alpha value is -1.26. The van der Waals surface area contributed by atoms with Gasteiger partial charge in [-0.15, -0.1) is 0 Å². The third kappa shape index (κ3) is 5.61. The van der Waals surface area contributed by atoms with Crippen LogP contribution < -0.4 is 10.5 Å². The summed E-state index contributed by atoms with van der Waals surface area (Å²) >= 11 is 6.11. The molecule has 2 N–H and O–H groups in total. The highest BCUT2D eigenvalue weighted by Crippen LogP contribution is 2.32. The minimum atomic E-state index is 0.106. The summed E-state index contributed by atoms with van der Waals surface area (Å²) in [6.45, 7) is 3.46. The Morgan fingerprint density at radius 1 is 1.15 bits per heavy atom. The maximum atomic E-state index is 12.8. The molecule has 27 heavy (non-hydrogen) atoms. The number of likely N-dealkylation sites (tertiary alicyclic amines) is 1. The number of Topliss-reactive ketones (excluding diaryl/α,β-unsaturated/α-hetero) is 1. The molecule has 1 saturated heterocycles. The van der Waals surface area contributed by atoms with Gasteiger partial charge in [0.15, 0.2) is 5.78 Å². The predicted octanol–water partition coefficient (Wildman–Crippen LogP) is 5.19. The van der Waals surface area contributed by atoms with E-state index in [9.17, 15) is 4.79 Å². The molecule has 1 saturated carbocycles. The van der Waals surface area contributed by atoms with Crippen molar-refractivity contribution in [1.29, 1.82) is 0 Å². The van der Waals surface area contributed by atoms with Crippen molar-refractivity contribution in [2.75, 3.05) is 32.5 Å². The lowest BCUT2D eigenvalue weighted by Gasteiger charge is -2.33. The number of nitrogens with two attached hydrogens (primary N) is 1. The largest absolute Gasteiger partial charge is 0.496 e. The smallest absolute Gasteiger partial charge is 0.166 e. The van der Waals surface area contributed by atoms with Gasteiger partial charge < -0.3 is 15.4 Å². The molecule has 0 aromatic heterocycles. The molecule has 0 unspecified atom stereocenters. The quantitative estimate of drug-likeness (QED) is 0.512. The zero-order valence-corrected chi connectivity index (χ0v) is 17.3. The molecule has 0 bridgehead atoms. The summed E-state index contributed by atoms with van der Waals surface area (Å²) in [5.41, 5.74) is 6.81. The van der Waals surface area contributed by atoms with Crippen LogP contribution in [0.2, 0.25) is 5.02 Å². The summed E-state index contributed by atoms with van der Waals surface area (Å²) in [5, 5.41) is 0.414. The number of halogens is 1. The molecule has 5 heteroatoms. The van der Waals surface area contributed by atoms with Crippen LogP contribution in [0.5, 0.6) is 5.75 Å². The van der Waals surface area contributed by atoms with Crippen molar-refractivity contribution in [2.24, 2.45) is 11.8 Å². The van der Waals surface area contributed by atoms with E-state index in [1.165, 1.54) is 45.1 Å². The van der Waals surface area contributed by atoms with Gasteiger partial charge in [0, 0.05) is 12.5 Å². The van der Waals surface area contributed by atoms with Crippen molar-refractivity contribution in [3.05, 3.63) is 22.7 Å². The summed E-state index contributed by atoms with van der Waals surface area (Å²) in [6, 6.07) is 3.29. The van der Waals surface area contributed by atoms with Gasteiger partial charge >= 0.3 is 0 Å². The maximum Gasteiger partial charge on any atom is 0.166 e. The van der Waals surface area contributed by atoms with Gasteiger partial charge in [0.25, 0.3) is 0 Å². The minimum absolute atomic E-state index is 0.106. The number of carbonyl (C=O) groups excluding carboxylic acids is 1. The van der Waals surface area contributed by atoms with Crippen LogP contribution in [0.15, 0.2) is 12.1 Å². The average Bonchev–Trinajstić information content (AvgIpc) is 2.70. The highest BCUT2D eigenvalue weighted by Gasteiger charge is 2.24. The molecule has 150 valence electrons. The minimum Gasteiger partial charge on any atom is -0.496 e. The van der Waals surface area contributed by atoms with E-state index in [-0.39, 0.29) is 5.78 Å². The normalized spacial score (nSPS) is 19.9. The Kier molecular flexibility index (Phi) is 7.42. The molecule has 1 aromatic rings. The number of nitrogens with zero attached hydrogens (tertiary/aromatic N) is 1. The van der Waals surface area contributed by atoms with Crippen molar-refractivity contribution in [3.63, 3.8) is 0 Å². The van der Waals surface area contributed by atoms with Crippen LogP contribution in [0, 0.1) is 11.8 Å². The van der Waals surface area contributed by atoms with Crippen molar-refractivity contribution >= 4 is 23.1 Å². The van der Waals surface area contributed by atoms with Crippen molar-refractivity contribution < 1.29 is 9.53 Å². The third-order valence-corrected chi connectivity index (χ3v) is 6.71. The van der Waals surface area contributed by atoms with Crippen molar-refractivity contribution in [3.8, 4) is 5.75 Å². The first-order valence-corrected chi connectivity index (χ1v) is 10.8. The standard InChI is InChI=1S/C22H33ClN2O2/c1-27-22-15-20(24)19(23)14-18(22)21(26)13-17-8-11-25(12-9-17)10-7-16-5-3-2-4-6-16/h14-17H,2-13,24H2,1H3. The second-order valence-corrected chi connectivity index (χ2v) is 8.69. The SMILES string of the molecule is COc1cc(N)c(Cl)cc1C(=O)CC1CCN(CCC2CCCCC2)CC1. The van der Waals surface area contributed by atoms with Gasteiger partial charge in [-0.1, -0.05) is 43.7 Å². The number of carbonyl (C=O) groups is 1. The van der Waals surface area contributed by atoms with Crippen LogP contribution in [0.3, 0.4) is 0 Å². The van der Waals surface area contributed by atoms with E-state index in [0.717, 1.165) is 31.8 Å². The molecule has 1 aliphatic carbocycles. The summed E-state index contributed by atoms with van der Waals surface area (Å²) < 4.78 is 5.33. The van der Waals surface area contributed by atoms with Gasteiger partial charge in [-0.2, -0.15) is 0 Å². The molecule has 3 rings (SSSR count). The molecule has 4 nitrogen and oxygen atoms in total. The van der Waals surface area contributed by atoms with Gasteiger partial charge in [0.05, 0.1) is 23.4 Å². The number of ketones is 1. The first-order valence-electron chi connectivity index (χ1n) is 10.5. The van der Waals surface area contributed by atoms with E-state index >= 15 is 0 Å². The van der Waals surface area contributed by atoms with E-state index in [1.807, 2.05) is 0 Å². The number of ether oxygens (including phenoxy) is 1. The summed E-state index contributed by atoms with van der Waals surface area (Å²) in [4.78, 5) is 15.4. The zero-order chi connectivity index (χ0) is 19.2. The number of nitrogen functional groups attached to an aromatic ring is 1. The second kappa shape index (κ2) is 9.79. The number of rotatable bonds is 7. The van der Waals surface area contributed by atoms with E-state index in [1.54, 1.807) is 19.2 Å². The van der Waals surface area contributed by atoms with Gasteiger partial charge in [-0.05, 0) is 56.8 Å². The molecule has 0 spiro atoms. The molecule has 0 radical (unpaired) electrons. The number of hydrogen-bond acceptors (Lipinski definition) is 4. The fourth-order valence-electron chi connectivity index (χ4n) is 4.58. The molecule has 0 atom stereocenters. The second-order valence-electron chi connectivity index (χ2n) is 8.28. The molecular formula is C22H33ClN2O2. The topological polar surface area (TPSA) is 55.6 Å². The number of piperidine rings is 1. The lowest BCUT2D eigenvalue weighted by atomic mass is 9.86. The van der Waals surface area contributed by atoms with Crippen LogP contribution in [0.1, 0.15) is 68.1 Å². The van der Waals surface area contributed by atoms with Crippen LogP contribution in [0.25, 0.3) is 0 Å². The zero-order valence-electron chi connectivity index (χ0n) is 16.5. The maximum absolute atomic E-state index is 12.8. The highest BCUT2D eigenvalue weighted by molar-refractivity contribution is 6.33. The lowest BCUT2D eigenvalue weighted by molar-refractivity contribution is 0.0921. The Morgan fingerprint density at radius 2 is 1.85 bits per heavy atom. The van der Waals surface area contributed by atoms with E-state index in [2.05, 4.69) is 4.90 Å². The fourth-order valence-corrected chi connectivity index (χ4v) is 4.75. The number of methoxy groups -OCH3 is 1. The molecule has 2 aliphatic rings. The van der Waals surface area contributed by atoms with Crippen LogP contribution in [-0.4, -0.2) is 37.4 Å². The van der Waals surface area contributed by atoms with Crippen molar-refractivity contribution in [2.45, 2.75) is 57.8 Å². The highest BCUT2D eigenvalue weighted by atomic mass is 35.5. The van der Waals surface area contributed by atoms with Gasteiger partial charge in [-0.25, -0.2) is 0 Å². The fraction of sp³-hybridized carbons (Fsp3) is 0.682. The molecule has 1 aliphatic heterocycles. The van der Waals surface area contributed by atoms with E-state index < -0.39 is 0 Å². The Labute approximate surface area is 168 Å². The first-order chi connectivity index (χ1) is 13.1. The molecule has 1 aromatic carbocycles. The number of hydrogen-bond donors (Lipinski definition) is 1. The first kappa shape index (κ1) is 20.5. The van der Waals surface area contributed by atoms with Crippen LogP contribution >= 0.6 is 11.6 Å². The Bertz CT molecular complexity index is 635. The third-order valence-electron chi connectivity index (χ3n) is 6.38. The Balaban J connectivity index is 1.46.